The number of nitrogens with zero attached hydrogens (tertiary/aromatic N) is 3. The first-order valence-electron chi connectivity index (χ1n) is 18.5. The zero-order valence-corrected chi connectivity index (χ0v) is 34.2. The third-order valence-corrected chi connectivity index (χ3v) is 11.4. The average Bonchev–Trinajstić information content (AvgIpc) is 3.65. The van der Waals surface area contributed by atoms with Gasteiger partial charge in [0.15, 0.2) is 10.8 Å². The molecule has 1 unspecified atom stereocenters. The molecule has 3 heterocycles. The van der Waals surface area contributed by atoms with E-state index >= 15 is 0 Å². The highest BCUT2D eigenvalue weighted by atomic mass is 32.2. The van der Waals surface area contributed by atoms with Crippen molar-refractivity contribution in [2.75, 3.05) is 24.2 Å². The molecule has 0 radical (unpaired) electrons. The molecule has 0 spiro atoms. The molecular formula is C42H46N6O7S2. The van der Waals surface area contributed by atoms with Crippen LogP contribution in [-0.4, -0.2) is 85.9 Å². The van der Waals surface area contributed by atoms with Crippen molar-refractivity contribution in [3.8, 4) is 0 Å². The van der Waals surface area contributed by atoms with Crippen LogP contribution in [0.5, 0.6) is 0 Å². The van der Waals surface area contributed by atoms with E-state index in [1.807, 2.05) is 97.9 Å². The van der Waals surface area contributed by atoms with Gasteiger partial charge in [-0.05, 0) is 63.4 Å². The molecule has 2 atom stereocenters. The first-order valence-corrected chi connectivity index (χ1v) is 20.4. The molecule has 0 bridgehead atoms. The number of thiazole rings is 1. The van der Waals surface area contributed by atoms with Crippen LogP contribution in [0.2, 0.25) is 0 Å². The maximum Gasteiger partial charge on any atom is 0.353 e. The number of likely N-dealkylation sites (N-methyl/N-ethyl adjacent to an activating group) is 1. The number of rotatable bonds is 15. The largest absolute Gasteiger partial charge is 0.477 e. The van der Waals surface area contributed by atoms with Crippen molar-refractivity contribution in [2.24, 2.45) is 5.16 Å². The summed E-state index contributed by atoms with van der Waals surface area (Å²) in [4.78, 5) is 65.1. The number of amides is 2. The van der Waals surface area contributed by atoms with Gasteiger partial charge < -0.3 is 30.6 Å². The molecule has 6 rings (SSSR count). The van der Waals surface area contributed by atoms with Crippen LogP contribution >= 0.6 is 23.1 Å². The van der Waals surface area contributed by atoms with E-state index in [1.165, 1.54) is 41.8 Å². The summed E-state index contributed by atoms with van der Waals surface area (Å²) in [6.45, 7) is 11.0. The van der Waals surface area contributed by atoms with Crippen molar-refractivity contribution in [1.29, 1.82) is 0 Å². The topological polar surface area (TPSA) is 172 Å². The van der Waals surface area contributed by atoms with Crippen molar-refractivity contribution >= 4 is 57.7 Å². The van der Waals surface area contributed by atoms with Gasteiger partial charge in [0.05, 0.1) is 0 Å². The van der Waals surface area contributed by atoms with E-state index in [0.717, 1.165) is 16.7 Å². The highest BCUT2D eigenvalue weighted by Crippen LogP contribution is 2.42. The third-order valence-electron chi connectivity index (χ3n) is 9.26. The summed E-state index contributed by atoms with van der Waals surface area (Å²) in [5.74, 6) is -2.93. The number of anilines is 1. The number of benzene rings is 3. The van der Waals surface area contributed by atoms with E-state index in [1.54, 1.807) is 26.2 Å². The molecule has 4 aromatic rings. The lowest BCUT2D eigenvalue weighted by molar-refractivity contribution is -0.179. The Morgan fingerprint density at radius 3 is 1.98 bits per heavy atom. The van der Waals surface area contributed by atoms with Crippen LogP contribution in [0, 0.1) is 0 Å². The van der Waals surface area contributed by atoms with Crippen molar-refractivity contribution in [3.63, 3.8) is 0 Å². The summed E-state index contributed by atoms with van der Waals surface area (Å²) < 4.78 is 5.55. The van der Waals surface area contributed by atoms with Gasteiger partial charge in [-0.1, -0.05) is 103 Å². The van der Waals surface area contributed by atoms with Gasteiger partial charge in [0, 0.05) is 17.7 Å². The van der Waals surface area contributed by atoms with Crippen molar-refractivity contribution < 1.29 is 33.9 Å². The minimum absolute atomic E-state index is 0.0829. The number of hydrogen-bond donors (Lipinski definition) is 4. The standard InChI is InChI=1S/C42H46N6O7S2/c1-7-43-23-26-24-56-36-32(35(50)48(36)33(26)37(51)52)45-34(49)31(47-55-41(5,6)38(53)54-40(2,3)4)30-25-57-39(44-30)46-42(27-17-11-8-12-18-27,28-19-13-9-14-20-28)29-21-15-10-16-22-29/h8-22,25,32,36,43H,7,23-24H2,1-6H3,(H,44,46)(H,45,49)(H,51,52)/b47-31-/t32?,36-/m1/s1. The summed E-state index contributed by atoms with van der Waals surface area (Å²) in [5, 5.41) is 25.2. The summed E-state index contributed by atoms with van der Waals surface area (Å²) in [5.41, 5.74) is -0.219. The highest BCUT2D eigenvalue weighted by molar-refractivity contribution is 8.00. The Labute approximate surface area is 339 Å². The predicted octanol–water partition coefficient (Wildman–Crippen LogP) is 5.74. The zero-order chi connectivity index (χ0) is 41.0. The molecule has 3 aromatic carbocycles. The second-order valence-electron chi connectivity index (χ2n) is 15.0. The Balaban J connectivity index is 1.36. The van der Waals surface area contributed by atoms with Gasteiger partial charge in [-0.25, -0.2) is 14.6 Å². The van der Waals surface area contributed by atoms with Gasteiger partial charge in [0.2, 0.25) is 5.60 Å². The Hall–Kier alpha value is -5.51. The van der Waals surface area contributed by atoms with Crippen LogP contribution in [0.25, 0.3) is 0 Å². The number of nitrogens with one attached hydrogen (secondary N) is 3. The van der Waals surface area contributed by atoms with Crippen LogP contribution in [0.3, 0.4) is 0 Å². The molecule has 298 valence electrons. The van der Waals surface area contributed by atoms with Crippen LogP contribution in [0.4, 0.5) is 5.13 Å². The number of fused-ring (bicyclic) bond motifs is 1. The number of carboxylic acids is 1. The molecule has 13 nitrogen and oxygen atoms in total. The summed E-state index contributed by atoms with van der Waals surface area (Å²) in [6.07, 6.45) is 0. The van der Waals surface area contributed by atoms with E-state index in [-0.39, 0.29) is 17.1 Å². The number of oxime groups is 1. The summed E-state index contributed by atoms with van der Waals surface area (Å²) >= 11 is 2.59. The molecule has 0 saturated carbocycles. The fourth-order valence-electron chi connectivity index (χ4n) is 6.49. The van der Waals surface area contributed by atoms with Crippen molar-refractivity contribution in [1.82, 2.24) is 20.5 Å². The normalized spacial score (nSPS) is 17.3. The minimum atomic E-state index is -1.62. The van der Waals surface area contributed by atoms with Crippen LogP contribution in [0.15, 0.2) is 113 Å². The molecule has 1 saturated heterocycles. The second kappa shape index (κ2) is 16.9. The predicted molar refractivity (Wildman–Crippen MR) is 221 cm³/mol. The average molecular weight is 811 g/mol. The monoisotopic (exact) mass is 810 g/mol. The number of ether oxygens (including phenoxy) is 1. The van der Waals surface area contributed by atoms with Crippen LogP contribution in [-0.2, 0) is 34.3 Å². The van der Waals surface area contributed by atoms with Crippen molar-refractivity contribution in [2.45, 2.75) is 69.7 Å². The molecule has 15 heteroatoms. The van der Waals surface area contributed by atoms with Crippen LogP contribution in [0.1, 0.15) is 63.9 Å². The fraction of sp³-hybridized carbons (Fsp3) is 0.333. The number of thioether (sulfide) groups is 1. The lowest BCUT2D eigenvalue weighted by atomic mass is 9.77. The molecule has 2 aliphatic heterocycles. The number of aromatic nitrogens is 1. The number of hydrogen-bond acceptors (Lipinski definition) is 12. The molecular weight excluding hydrogens is 765 g/mol. The van der Waals surface area contributed by atoms with Gasteiger partial charge in [0.25, 0.3) is 11.8 Å². The van der Waals surface area contributed by atoms with E-state index in [2.05, 4.69) is 21.1 Å². The van der Waals surface area contributed by atoms with Gasteiger partial charge in [-0.15, -0.1) is 23.1 Å². The Morgan fingerprint density at radius 2 is 1.47 bits per heavy atom. The smallest absolute Gasteiger partial charge is 0.353 e. The summed E-state index contributed by atoms with van der Waals surface area (Å²) in [6, 6.07) is 28.8. The highest BCUT2D eigenvalue weighted by Gasteiger charge is 2.54. The molecule has 4 N–H and O–H groups in total. The number of β-lactam (4-membered cyclic amide) rings is 1. The van der Waals surface area contributed by atoms with Crippen molar-refractivity contribution in [3.05, 3.63) is 130 Å². The fourth-order valence-corrected chi connectivity index (χ4v) is 8.59. The molecule has 2 aliphatic rings. The van der Waals surface area contributed by atoms with E-state index in [9.17, 15) is 24.3 Å². The Bertz CT molecular complexity index is 2070. The van der Waals surface area contributed by atoms with Gasteiger partial charge >= 0.3 is 11.9 Å². The lowest BCUT2D eigenvalue weighted by Crippen LogP contribution is -2.71. The number of carbonyl (C=O) groups excluding carboxylic acids is 3. The third kappa shape index (κ3) is 8.75. The maximum absolute atomic E-state index is 14.3. The van der Waals surface area contributed by atoms with Gasteiger partial charge in [0.1, 0.15) is 33.9 Å². The molecule has 2 amide bonds. The quantitative estimate of drug-likeness (QED) is 0.0380. The zero-order valence-electron chi connectivity index (χ0n) is 32.6. The lowest BCUT2D eigenvalue weighted by Gasteiger charge is -2.49. The van der Waals surface area contributed by atoms with Gasteiger partial charge in [-0.2, -0.15) is 0 Å². The van der Waals surface area contributed by atoms with Gasteiger partial charge in [-0.3, -0.25) is 14.5 Å². The molecule has 1 fully saturated rings. The first-order chi connectivity index (χ1) is 27.2. The maximum atomic E-state index is 14.3. The number of carboxylic acid groups (broad SMARTS) is 1. The molecule has 1 aromatic heterocycles. The Morgan fingerprint density at radius 1 is 0.912 bits per heavy atom. The van der Waals surface area contributed by atoms with E-state index < -0.39 is 51.9 Å². The molecule has 0 aliphatic carbocycles. The Kier molecular flexibility index (Phi) is 12.2. The SMILES string of the molecule is CCNCC1=C(C(=O)O)N2C(=O)C(NC(=O)/C(=N\OC(C)(C)C(=O)OC(C)(C)C)c3csc(NC(c4ccccc4)(c4ccccc4)c4ccccc4)n3)[C@H]2SC1. The number of esters is 1. The minimum Gasteiger partial charge on any atom is -0.477 e. The van der Waals surface area contributed by atoms with E-state index in [4.69, 9.17) is 14.6 Å². The number of aliphatic carboxylic acids is 1. The summed E-state index contributed by atoms with van der Waals surface area (Å²) in [7, 11) is 0. The number of carbonyl (C=O) groups is 4. The van der Waals surface area contributed by atoms with Crippen LogP contribution < -0.4 is 16.0 Å². The second-order valence-corrected chi connectivity index (χ2v) is 16.9. The van der Waals surface area contributed by atoms with E-state index in [0.29, 0.717) is 29.5 Å². The molecule has 57 heavy (non-hydrogen) atoms. The first kappa shape index (κ1) is 41.1.